The minimum atomic E-state index is -0.404. The van der Waals surface area contributed by atoms with E-state index in [-0.39, 0.29) is 30.2 Å². The molecular weight excluding hydrogens is 385 g/mol. The van der Waals surface area contributed by atoms with E-state index in [0.29, 0.717) is 36.4 Å². The summed E-state index contributed by atoms with van der Waals surface area (Å²) >= 11 is 0. The Morgan fingerprint density at radius 3 is 2.77 bits per heavy atom. The molecule has 1 aromatic carbocycles. The second-order valence-electron chi connectivity index (χ2n) is 7.70. The van der Waals surface area contributed by atoms with Crippen LogP contribution in [0.25, 0.3) is 11.1 Å². The zero-order valence-corrected chi connectivity index (χ0v) is 17.8. The molecule has 0 bridgehead atoms. The highest BCUT2D eigenvalue weighted by Crippen LogP contribution is 2.38. The number of fused-ring (bicyclic) bond motifs is 1. The highest BCUT2D eigenvalue weighted by Gasteiger charge is 2.31. The summed E-state index contributed by atoms with van der Waals surface area (Å²) in [6.07, 6.45) is 9.63. The van der Waals surface area contributed by atoms with Crippen LogP contribution in [0.5, 0.6) is 0 Å². The number of halogens is 1. The van der Waals surface area contributed by atoms with Crippen LogP contribution in [0.1, 0.15) is 56.5 Å². The van der Waals surface area contributed by atoms with Crippen molar-refractivity contribution in [3.8, 4) is 12.3 Å². The van der Waals surface area contributed by atoms with E-state index in [1.165, 1.54) is 6.92 Å². The van der Waals surface area contributed by atoms with Crippen molar-refractivity contribution in [2.75, 3.05) is 6.61 Å². The van der Waals surface area contributed by atoms with Crippen molar-refractivity contribution in [2.24, 2.45) is 11.8 Å². The van der Waals surface area contributed by atoms with E-state index in [4.69, 9.17) is 20.3 Å². The minimum absolute atomic E-state index is 0.00771. The number of allylic oxidation sites excluding steroid dienone is 2. The molecule has 1 aromatic heterocycles. The summed E-state index contributed by atoms with van der Waals surface area (Å²) in [5.41, 5.74) is 3.23. The Morgan fingerprint density at radius 2 is 2.17 bits per heavy atom. The number of aryl methyl sites for hydroxylation is 2. The molecule has 0 saturated heterocycles. The fourth-order valence-corrected chi connectivity index (χ4v) is 3.75. The van der Waals surface area contributed by atoms with E-state index in [0.717, 1.165) is 30.4 Å². The van der Waals surface area contributed by atoms with Crippen molar-refractivity contribution >= 4 is 17.1 Å². The molecule has 1 aliphatic carbocycles. The molecule has 1 atom stereocenters. The Bertz CT molecular complexity index is 977. The van der Waals surface area contributed by atoms with Crippen molar-refractivity contribution in [2.45, 2.75) is 59.5 Å². The summed E-state index contributed by atoms with van der Waals surface area (Å²) in [5, 5.41) is 0. The minimum Gasteiger partial charge on any atom is -0.484 e. The number of nitrogens with zero attached hydrogens (tertiary/aromatic N) is 1. The molecule has 0 amide bonds. The van der Waals surface area contributed by atoms with Crippen molar-refractivity contribution in [1.29, 1.82) is 0 Å². The molecule has 0 radical (unpaired) electrons. The molecule has 6 heteroatoms. The maximum Gasteiger partial charge on any atom is 0.306 e. The average Bonchev–Trinajstić information content (AvgIpc) is 3.07. The molecular formula is C24H28FNO4. The Kier molecular flexibility index (Phi) is 7.15. The van der Waals surface area contributed by atoms with Gasteiger partial charge in [0.15, 0.2) is 12.2 Å². The molecule has 30 heavy (non-hydrogen) atoms. The molecule has 1 unspecified atom stereocenters. The number of hydrogen-bond donors (Lipinski definition) is 0. The van der Waals surface area contributed by atoms with Crippen LogP contribution in [0.2, 0.25) is 0 Å². The predicted octanol–water partition coefficient (Wildman–Crippen LogP) is 5.40. The number of oxazole rings is 1. The van der Waals surface area contributed by atoms with E-state index in [1.54, 1.807) is 6.92 Å². The highest BCUT2D eigenvalue weighted by atomic mass is 19.1. The van der Waals surface area contributed by atoms with Gasteiger partial charge in [-0.25, -0.2) is 9.37 Å². The SMILES string of the molecule is C#CC(/C(OCc1nc2cc(CCC(=O)OCC)cc(C)c2o1)=C(\C)F)C1CCC1. The van der Waals surface area contributed by atoms with Crippen LogP contribution in [0.4, 0.5) is 4.39 Å². The fraction of sp³-hybridized carbons (Fsp3) is 0.500. The quantitative estimate of drug-likeness (QED) is 0.313. The number of carbonyl (C=O) groups is 1. The van der Waals surface area contributed by atoms with Crippen molar-refractivity contribution in [3.63, 3.8) is 0 Å². The Balaban J connectivity index is 1.72. The standard InChI is InChI=1S/C24H28FNO4/c1-5-19(18-8-7-9-18)24(16(4)25)29-14-21-26-20-13-17(10-11-22(27)28-6-2)12-15(3)23(20)30-21/h1,12-13,18-19H,6-11,14H2,2-4H3/b24-16-. The third-order valence-electron chi connectivity index (χ3n) is 5.48. The maximum atomic E-state index is 14.1. The van der Waals surface area contributed by atoms with Crippen molar-refractivity contribution in [1.82, 2.24) is 4.98 Å². The van der Waals surface area contributed by atoms with Crippen LogP contribution < -0.4 is 0 Å². The Labute approximate surface area is 176 Å². The van der Waals surface area contributed by atoms with Gasteiger partial charge in [0, 0.05) is 6.42 Å². The van der Waals surface area contributed by atoms with Gasteiger partial charge in [0.05, 0.1) is 12.5 Å². The van der Waals surface area contributed by atoms with E-state index < -0.39 is 5.83 Å². The predicted molar refractivity (Wildman–Crippen MR) is 112 cm³/mol. The first-order valence-corrected chi connectivity index (χ1v) is 10.4. The molecule has 5 nitrogen and oxygen atoms in total. The number of esters is 1. The van der Waals surface area contributed by atoms with Gasteiger partial charge >= 0.3 is 5.97 Å². The van der Waals surface area contributed by atoms with Crippen LogP contribution in [0, 0.1) is 31.1 Å². The summed E-state index contributed by atoms with van der Waals surface area (Å²) in [6, 6.07) is 3.86. The van der Waals surface area contributed by atoms with Gasteiger partial charge in [0.1, 0.15) is 17.1 Å². The van der Waals surface area contributed by atoms with E-state index in [2.05, 4.69) is 10.9 Å². The maximum absolute atomic E-state index is 14.1. The number of ether oxygens (including phenoxy) is 2. The number of aromatic nitrogens is 1. The first kappa shape index (κ1) is 21.9. The summed E-state index contributed by atoms with van der Waals surface area (Å²) < 4.78 is 30.7. The molecule has 0 aliphatic heterocycles. The summed E-state index contributed by atoms with van der Waals surface area (Å²) in [5.74, 6) is 2.53. The van der Waals surface area contributed by atoms with Crippen LogP contribution in [0.3, 0.4) is 0 Å². The Hall–Kier alpha value is -2.81. The number of benzene rings is 1. The van der Waals surface area contributed by atoms with Crippen molar-refractivity contribution < 1.29 is 23.1 Å². The molecule has 0 spiro atoms. The monoisotopic (exact) mass is 413 g/mol. The van der Waals surface area contributed by atoms with Gasteiger partial charge in [-0.3, -0.25) is 4.79 Å². The first-order valence-electron chi connectivity index (χ1n) is 10.4. The van der Waals surface area contributed by atoms with Crippen LogP contribution in [-0.4, -0.2) is 17.6 Å². The molecule has 1 fully saturated rings. The number of rotatable bonds is 9. The summed E-state index contributed by atoms with van der Waals surface area (Å²) in [6.45, 7) is 5.46. The lowest BCUT2D eigenvalue weighted by atomic mass is 9.75. The second kappa shape index (κ2) is 9.80. The fourth-order valence-electron chi connectivity index (χ4n) is 3.75. The molecule has 0 N–H and O–H groups in total. The lowest BCUT2D eigenvalue weighted by Gasteiger charge is -2.31. The Morgan fingerprint density at radius 1 is 1.40 bits per heavy atom. The first-order chi connectivity index (χ1) is 14.4. The highest BCUT2D eigenvalue weighted by molar-refractivity contribution is 5.77. The number of terminal acetylenes is 1. The normalized spacial score (nSPS) is 15.8. The van der Waals surface area contributed by atoms with Gasteiger partial charge in [0.2, 0.25) is 5.89 Å². The van der Waals surface area contributed by atoms with Crippen LogP contribution in [-0.2, 0) is 27.3 Å². The number of carbonyl (C=O) groups excluding carboxylic acids is 1. The lowest BCUT2D eigenvalue weighted by molar-refractivity contribution is -0.143. The third-order valence-corrected chi connectivity index (χ3v) is 5.48. The van der Waals surface area contributed by atoms with Gasteiger partial charge in [-0.05, 0) is 63.1 Å². The van der Waals surface area contributed by atoms with Gasteiger partial charge in [-0.15, -0.1) is 6.42 Å². The van der Waals surface area contributed by atoms with E-state index in [9.17, 15) is 9.18 Å². The molecule has 1 aliphatic rings. The lowest BCUT2D eigenvalue weighted by Crippen LogP contribution is -2.24. The second-order valence-corrected chi connectivity index (χ2v) is 7.70. The number of hydrogen-bond acceptors (Lipinski definition) is 5. The largest absolute Gasteiger partial charge is 0.484 e. The molecule has 1 saturated carbocycles. The molecule has 160 valence electrons. The smallest absolute Gasteiger partial charge is 0.306 e. The van der Waals surface area contributed by atoms with Gasteiger partial charge in [-0.2, -0.15) is 0 Å². The zero-order chi connectivity index (χ0) is 21.7. The van der Waals surface area contributed by atoms with Gasteiger partial charge in [0.25, 0.3) is 0 Å². The molecule has 1 heterocycles. The van der Waals surface area contributed by atoms with Crippen LogP contribution >= 0.6 is 0 Å². The summed E-state index contributed by atoms with van der Waals surface area (Å²) in [4.78, 5) is 16.1. The van der Waals surface area contributed by atoms with E-state index >= 15 is 0 Å². The average molecular weight is 413 g/mol. The van der Waals surface area contributed by atoms with Gasteiger partial charge < -0.3 is 13.9 Å². The van der Waals surface area contributed by atoms with Gasteiger partial charge in [-0.1, -0.05) is 18.4 Å². The van der Waals surface area contributed by atoms with Crippen molar-refractivity contribution in [3.05, 3.63) is 40.7 Å². The topological polar surface area (TPSA) is 61.6 Å². The van der Waals surface area contributed by atoms with Crippen LogP contribution in [0.15, 0.2) is 28.1 Å². The molecule has 2 aromatic rings. The van der Waals surface area contributed by atoms with E-state index in [1.807, 2.05) is 19.1 Å². The molecule has 3 rings (SSSR count). The third kappa shape index (κ3) is 5.02. The summed E-state index contributed by atoms with van der Waals surface area (Å²) in [7, 11) is 0. The zero-order valence-electron chi connectivity index (χ0n) is 17.8.